The van der Waals surface area contributed by atoms with Gasteiger partial charge in [0.1, 0.15) is 18.0 Å². The number of hydrogen-bond acceptors (Lipinski definition) is 7. The van der Waals surface area contributed by atoms with Gasteiger partial charge in [0.15, 0.2) is 0 Å². The Hall–Kier alpha value is -4.44. The third kappa shape index (κ3) is 7.12. The molecule has 10 heteroatoms. The summed E-state index contributed by atoms with van der Waals surface area (Å²) < 4.78 is 42.4. The number of ether oxygens (including phenoxy) is 2. The lowest BCUT2D eigenvalue weighted by Gasteiger charge is -2.36. The predicted molar refractivity (Wildman–Crippen MR) is 182 cm³/mol. The Morgan fingerprint density at radius 2 is 1.70 bits per heavy atom. The zero-order valence-electron chi connectivity index (χ0n) is 28.0. The van der Waals surface area contributed by atoms with Gasteiger partial charge >= 0.3 is 0 Å². The van der Waals surface area contributed by atoms with Crippen molar-refractivity contribution in [1.82, 2.24) is 14.9 Å². The summed E-state index contributed by atoms with van der Waals surface area (Å²) in [7, 11) is -4.15. The average molecular weight is 655 g/mol. The number of carbonyl (C=O) groups is 1. The molecule has 0 saturated heterocycles. The number of sulfonamides is 1. The number of aryl methyl sites for hydroxylation is 2. The van der Waals surface area contributed by atoms with Crippen LogP contribution in [0.3, 0.4) is 0 Å². The molecule has 3 aromatic carbocycles. The SMILES string of the molecule is Cc1cccc(C)c1-c1cc2nc(n1)NS(=O)(=O)c1cccc(c1)C(=O)N(Cc1ccc3c(c1)CC(C)(C)O3)[C@H](CC(C)(C)C)CO2. The molecule has 1 aromatic heterocycles. The molecule has 0 aliphatic carbocycles. The fourth-order valence-corrected chi connectivity index (χ4v) is 7.49. The molecular formula is C37H42N4O5S. The summed E-state index contributed by atoms with van der Waals surface area (Å²) in [6.07, 6.45) is 1.39. The van der Waals surface area contributed by atoms with Gasteiger partial charge in [-0.3, -0.25) is 4.79 Å². The van der Waals surface area contributed by atoms with E-state index in [4.69, 9.17) is 9.47 Å². The van der Waals surface area contributed by atoms with E-state index in [1.807, 2.05) is 44.2 Å². The number of nitrogens with zero attached hydrogens (tertiary/aromatic N) is 3. The summed E-state index contributed by atoms with van der Waals surface area (Å²) in [6, 6.07) is 19.5. The van der Waals surface area contributed by atoms with Gasteiger partial charge < -0.3 is 14.4 Å². The standard InChI is InChI=1S/C37H42N4O5S/c1-23-10-8-11-24(2)33(23)30-18-32-39-35(38-30)40-47(43,44)29-13-9-12-26(17-29)34(42)41(28(22-45-32)20-36(3,4)5)21-25-14-15-31-27(16-25)19-37(6,7)46-31/h8-18,28H,19-22H2,1-7H3,(H,38,39,40)/t28-/m1/s1. The maximum atomic E-state index is 14.5. The first-order chi connectivity index (χ1) is 22.1. The normalized spacial score (nSPS) is 18.5. The van der Waals surface area contributed by atoms with E-state index in [1.165, 1.54) is 12.1 Å². The highest BCUT2D eigenvalue weighted by Gasteiger charge is 2.33. The van der Waals surface area contributed by atoms with E-state index in [1.54, 1.807) is 23.1 Å². The van der Waals surface area contributed by atoms with Gasteiger partial charge in [-0.05, 0) is 86.1 Å². The van der Waals surface area contributed by atoms with Crippen LogP contribution in [0.2, 0.25) is 0 Å². The number of rotatable bonds is 4. The zero-order chi connectivity index (χ0) is 33.7. The van der Waals surface area contributed by atoms with Crippen molar-refractivity contribution in [2.24, 2.45) is 5.41 Å². The third-order valence-corrected chi connectivity index (χ3v) is 9.84. The van der Waals surface area contributed by atoms with Crippen LogP contribution >= 0.6 is 0 Å². The third-order valence-electron chi connectivity index (χ3n) is 8.51. The van der Waals surface area contributed by atoms with Crippen molar-refractivity contribution < 1.29 is 22.7 Å². The molecule has 4 aromatic rings. The topological polar surface area (TPSA) is 111 Å². The number of benzene rings is 3. The zero-order valence-corrected chi connectivity index (χ0v) is 28.9. The Morgan fingerprint density at radius 3 is 2.43 bits per heavy atom. The Balaban J connectivity index is 1.48. The van der Waals surface area contributed by atoms with Crippen LogP contribution in [0.1, 0.15) is 73.7 Å². The Kier molecular flexibility index (Phi) is 8.28. The second kappa shape index (κ2) is 12.0. The Labute approximate surface area is 277 Å². The summed E-state index contributed by atoms with van der Waals surface area (Å²) in [5.41, 5.74) is 5.24. The van der Waals surface area contributed by atoms with Gasteiger partial charge in [-0.25, -0.2) is 18.1 Å². The van der Waals surface area contributed by atoms with E-state index in [0.29, 0.717) is 18.7 Å². The molecule has 0 spiro atoms. The first-order valence-corrected chi connectivity index (χ1v) is 17.4. The van der Waals surface area contributed by atoms with Crippen molar-refractivity contribution in [1.29, 1.82) is 0 Å². The van der Waals surface area contributed by atoms with Gasteiger partial charge in [0, 0.05) is 30.2 Å². The molecule has 0 fully saturated rings. The highest BCUT2D eigenvalue weighted by Crippen LogP contribution is 2.36. The van der Waals surface area contributed by atoms with Crippen molar-refractivity contribution in [3.05, 3.63) is 94.5 Å². The molecule has 2 aliphatic rings. The molecule has 1 N–H and O–H groups in total. The van der Waals surface area contributed by atoms with Crippen molar-refractivity contribution in [3.8, 4) is 22.9 Å². The molecule has 1 amide bonds. The van der Waals surface area contributed by atoms with Crippen LogP contribution in [0, 0.1) is 19.3 Å². The summed E-state index contributed by atoms with van der Waals surface area (Å²) >= 11 is 0. The van der Waals surface area contributed by atoms with Crippen LogP contribution in [0.25, 0.3) is 11.3 Å². The van der Waals surface area contributed by atoms with Gasteiger partial charge in [0.2, 0.25) is 11.8 Å². The quantitative estimate of drug-likeness (QED) is 0.250. The minimum absolute atomic E-state index is 0.0598. The number of amides is 1. The summed E-state index contributed by atoms with van der Waals surface area (Å²) in [5.74, 6) is 0.674. The molecule has 9 nitrogen and oxygen atoms in total. The number of fused-ring (bicyclic) bond motifs is 5. The van der Waals surface area contributed by atoms with Crippen molar-refractivity contribution in [3.63, 3.8) is 0 Å². The van der Waals surface area contributed by atoms with Crippen LogP contribution in [-0.4, -0.2) is 47.4 Å². The van der Waals surface area contributed by atoms with E-state index < -0.39 is 10.0 Å². The van der Waals surface area contributed by atoms with E-state index in [-0.39, 0.29) is 51.9 Å². The van der Waals surface area contributed by atoms with Crippen LogP contribution in [0.15, 0.2) is 71.6 Å². The molecule has 6 rings (SSSR count). The lowest BCUT2D eigenvalue weighted by atomic mass is 9.87. The van der Waals surface area contributed by atoms with Gasteiger partial charge in [-0.1, -0.05) is 57.2 Å². The number of anilines is 1. The van der Waals surface area contributed by atoms with Gasteiger partial charge in [0.25, 0.3) is 15.9 Å². The maximum Gasteiger partial charge on any atom is 0.264 e. The molecule has 0 radical (unpaired) electrons. The second-order valence-electron chi connectivity index (χ2n) is 14.5. The molecule has 0 unspecified atom stereocenters. The molecule has 0 saturated carbocycles. The molecule has 2 aliphatic heterocycles. The lowest BCUT2D eigenvalue weighted by Crippen LogP contribution is -2.45. The lowest BCUT2D eigenvalue weighted by molar-refractivity contribution is 0.0513. The number of hydrogen-bond donors (Lipinski definition) is 1. The largest absolute Gasteiger partial charge is 0.487 e. The molecule has 3 heterocycles. The second-order valence-corrected chi connectivity index (χ2v) is 16.1. The smallest absolute Gasteiger partial charge is 0.264 e. The number of nitrogens with one attached hydrogen (secondary N) is 1. The fourth-order valence-electron chi connectivity index (χ4n) is 6.50. The fraction of sp³-hybridized carbons (Fsp3) is 0.378. The van der Waals surface area contributed by atoms with Gasteiger partial charge in [-0.2, -0.15) is 4.98 Å². The minimum Gasteiger partial charge on any atom is -0.487 e. The summed E-state index contributed by atoms with van der Waals surface area (Å²) in [5, 5.41) is 0. The average Bonchev–Trinajstić information content (AvgIpc) is 3.29. The van der Waals surface area contributed by atoms with Crippen LogP contribution in [0.5, 0.6) is 11.6 Å². The van der Waals surface area contributed by atoms with E-state index >= 15 is 0 Å². The number of aromatic nitrogens is 2. The predicted octanol–water partition coefficient (Wildman–Crippen LogP) is 7.11. The van der Waals surface area contributed by atoms with Gasteiger partial charge in [0.05, 0.1) is 16.6 Å². The molecular weight excluding hydrogens is 612 g/mol. The Bertz CT molecular complexity index is 1950. The van der Waals surface area contributed by atoms with E-state index in [9.17, 15) is 13.2 Å². The molecule has 1 atom stereocenters. The molecule has 47 heavy (non-hydrogen) atoms. The van der Waals surface area contributed by atoms with Crippen molar-refractivity contribution in [2.75, 3.05) is 11.3 Å². The molecule has 4 bridgehead atoms. The highest BCUT2D eigenvalue weighted by molar-refractivity contribution is 7.92. The van der Waals surface area contributed by atoms with Crippen molar-refractivity contribution in [2.45, 2.75) is 84.4 Å². The molecule has 246 valence electrons. The van der Waals surface area contributed by atoms with Crippen LogP contribution in [0.4, 0.5) is 5.95 Å². The van der Waals surface area contributed by atoms with Crippen LogP contribution < -0.4 is 14.2 Å². The van der Waals surface area contributed by atoms with Crippen molar-refractivity contribution >= 4 is 21.9 Å². The maximum absolute atomic E-state index is 14.5. The van der Waals surface area contributed by atoms with Gasteiger partial charge in [-0.15, -0.1) is 0 Å². The summed E-state index contributed by atoms with van der Waals surface area (Å²) in [6.45, 7) is 14.9. The minimum atomic E-state index is -4.15. The Morgan fingerprint density at radius 1 is 0.979 bits per heavy atom. The van der Waals surface area contributed by atoms with E-state index in [0.717, 1.165) is 40.0 Å². The van der Waals surface area contributed by atoms with Crippen LogP contribution in [-0.2, 0) is 23.0 Å². The first kappa shape index (κ1) is 32.5. The highest BCUT2D eigenvalue weighted by atomic mass is 32.2. The number of carbonyl (C=O) groups excluding carboxylic acids is 1. The monoisotopic (exact) mass is 654 g/mol. The summed E-state index contributed by atoms with van der Waals surface area (Å²) in [4.78, 5) is 25.3. The van der Waals surface area contributed by atoms with E-state index in [2.05, 4.69) is 55.4 Å². The first-order valence-electron chi connectivity index (χ1n) is 15.9.